The second kappa shape index (κ2) is 9.22. The van der Waals surface area contributed by atoms with Crippen LogP contribution in [-0.2, 0) is 6.54 Å². The molecule has 1 aromatic heterocycles. The third kappa shape index (κ3) is 5.23. The lowest BCUT2D eigenvalue weighted by molar-refractivity contribution is 0.102. The Bertz CT molecular complexity index is 914. The van der Waals surface area contributed by atoms with E-state index in [0.717, 1.165) is 49.5 Å². The first-order valence-electron chi connectivity index (χ1n) is 10.4. The van der Waals surface area contributed by atoms with Crippen LogP contribution in [0.2, 0.25) is 0 Å². The third-order valence-electron chi connectivity index (χ3n) is 5.26. The number of aromatic nitrogens is 2. The molecule has 0 saturated carbocycles. The summed E-state index contributed by atoms with van der Waals surface area (Å²) in [6.07, 6.45) is 0.781. The molecule has 1 fully saturated rings. The van der Waals surface area contributed by atoms with E-state index in [9.17, 15) is 9.59 Å². The lowest BCUT2D eigenvalue weighted by Crippen LogP contribution is -2.48. The molecule has 0 spiro atoms. The van der Waals surface area contributed by atoms with E-state index in [-0.39, 0.29) is 17.2 Å². The van der Waals surface area contributed by atoms with E-state index < -0.39 is 0 Å². The molecule has 29 heavy (non-hydrogen) atoms. The van der Waals surface area contributed by atoms with E-state index in [1.54, 1.807) is 0 Å². The van der Waals surface area contributed by atoms with Crippen LogP contribution in [0.3, 0.4) is 0 Å². The zero-order valence-electron chi connectivity index (χ0n) is 17.8. The molecular formula is C22H31N5O2. The van der Waals surface area contributed by atoms with Crippen molar-refractivity contribution in [2.24, 2.45) is 0 Å². The Morgan fingerprint density at radius 1 is 1.14 bits per heavy atom. The van der Waals surface area contributed by atoms with E-state index in [1.165, 1.54) is 16.8 Å². The maximum atomic E-state index is 12.7. The van der Waals surface area contributed by atoms with Crippen molar-refractivity contribution in [3.8, 4) is 0 Å². The van der Waals surface area contributed by atoms with Crippen LogP contribution in [0.4, 0.5) is 11.4 Å². The molecule has 0 radical (unpaired) electrons. The Labute approximate surface area is 172 Å². The summed E-state index contributed by atoms with van der Waals surface area (Å²) < 4.78 is 1.34. The highest BCUT2D eigenvalue weighted by atomic mass is 16.2. The zero-order chi connectivity index (χ0) is 21.0. The maximum Gasteiger partial charge on any atom is 0.276 e. The first-order chi connectivity index (χ1) is 13.9. The van der Waals surface area contributed by atoms with Crippen LogP contribution in [0, 0.1) is 6.92 Å². The largest absolute Gasteiger partial charge is 0.369 e. The molecule has 1 amide bonds. The van der Waals surface area contributed by atoms with Crippen LogP contribution in [0.1, 0.15) is 43.2 Å². The monoisotopic (exact) mass is 397 g/mol. The number of benzene rings is 1. The van der Waals surface area contributed by atoms with Crippen LogP contribution in [-0.4, -0.2) is 52.8 Å². The molecule has 0 atom stereocenters. The van der Waals surface area contributed by atoms with Gasteiger partial charge in [-0.2, -0.15) is 5.10 Å². The first-order valence-corrected chi connectivity index (χ1v) is 10.4. The fraction of sp³-hybridized carbons (Fsp3) is 0.500. The number of nitrogens with zero attached hydrogens (tertiary/aromatic N) is 4. The number of nitrogens with one attached hydrogen (secondary N) is 1. The number of rotatable bonds is 6. The molecule has 1 aliphatic heterocycles. The number of carbonyl (C=O) groups excluding carboxylic acids is 1. The van der Waals surface area contributed by atoms with Gasteiger partial charge in [-0.15, -0.1) is 0 Å². The van der Waals surface area contributed by atoms with E-state index in [1.807, 2.05) is 26.0 Å². The van der Waals surface area contributed by atoms with Gasteiger partial charge in [0.25, 0.3) is 11.5 Å². The molecule has 1 saturated heterocycles. The molecule has 0 aliphatic carbocycles. The van der Waals surface area contributed by atoms with Gasteiger partial charge in [-0.3, -0.25) is 14.5 Å². The lowest BCUT2D eigenvalue weighted by atomic mass is 10.1. The molecule has 3 rings (SSSR count). The highest BCUT2D eigenvalue weighted by molar-refractivity contribution is 6.03. The van der Waals surface area contributed by atoms with Gasteiger partial charge >= 0.3 is 0 Å². The minimum atomic E-state index is -0.309. The van der Waals surface area contributed by atoms with Gasteiger partial charge in [-0.1, -0.05) is 6.92 Å². The van der Waals surface area contributed by atoms with Gasteiger partial charge in [0, 0.05) is 56.2 Å². The van der Waals surface area contributed by atoms with Crippen LogP contribution in [0.25, 0.3) is 0 Å². The summed E-state index contributed by atoms with van der Waals surface area (Å²) in [6.45, 7) is 13.0. The van der Waals surface area contributed by atoms with Gasteiger partial charge in [-0.05, 0) is 57.0 Å². The van der Waals surface area contributed by atoms with Gasteiger partial charge in [0.05, 0.1) is 0 Å². The molecule has 2 heterocycles. The number of hydrogen-bond acceptors (Lipinski definition) is 5. The molecule has 7 nitrogen and oxygen atoms in total. The van der Waals surface area contributed by atoms with E-state index in [2.05, 4.69) is 40.1 Å². The smallest absolute Gasteiger partial charge is 0.276 e. The summed E-state index contributed by atoms with van der Waals surface area (Å²) in [5.41, 5.74) is 3.00. The van der Waals surface area contributed by atoms with E-state index in [0.29, 0.717) is 12.6 Å². The van der Waals surface area contributed by atoms with Crippen molar-refractivity contribution in [1.82, 2.24) is 14.7 Å². The molecular weight excluding hydrogens is 366 g/mol. The quantitative estimate of drug-likeness (QED) is 0.812. The Hall–Kier alpha value is -2.67. The summed E-state index contributed by atoms with van der Waals surface area (Å²) in [5.74, 6) is -0.309. The van der Waals surface area contributed by atoms with Gasteiger partial charge < -0.3 is 10.2 Å². The summed E-state index contributed by atoms with van der Waals surface area (Å²) in [5, 5.41) is 7.13. The maximum absolute atomic E-state index is 12.7. The van der Waals surface area contributed by atoms with Crippen molar-refractivity contribution in [3.63, 3.8) is 0 Å². The number of anilines is 2. The lowest BCUT2D eigenvalue weighted by Gasteiger charge is -2.38. The molecule has 7 heteroatoms. The fourth-order valence-electron chi connectivity index (χ4n) is 3.65. The summed E-state index contributed by atoms with van der Waals surface area (Å²) in [6, 6.07) is 9.55. The molecule has 0 bridgehead atoms. The summed E-state index contributed by atoms with van der Waals surface area (Å²) in [7, 11) is 0. The Kier molecular flexibility index (Phi) is 6.69. The van der Waals surface area contributed by atoms with Crippen LogP contribution >= 0.6 is 0 Å². The second-order valence-corrected chi connectivity index (χ2v) is 7.91. The van der Waals surface area contributed by atoms with Crippen molar-refractivity contribution in [2.45, 2.75) is 46.7 Å². The van der Waals surface area contributed by atoms with Crippen molar-refractivity contribution in [2.75, 3.05) is 36.4 Å². The van der Waals surface area contributed by atoms with Crippen LogP contribution in [0.5, 0.6) is 0 Å². The molecule has 1 aromatic carbocycles. The zero-order valence-corrected chi connectivity index (χ0v) is 17.8. The Morgan fingerprint density at radius 3 is 2.52 bits per heavy atom. The standard InChI is InChI=1S/C22H31N5O2/c1-5-8-27-21(28)7-6-20(24-27)22(29)23-18-13-17(4)14-19(15-18)26-11-9-25(10-12-26)16(2)3/h6-7,13-16H,5,8-12H2,1-4H3,(H,23,29). The molecule has 1 N–H and O–H groups in total. The van der Waals surface area contributed by atoms with Gasteiger partial charge in [-0.25, -0.2) is 4.68 Å². The third-order valence-corrected chi connectivity index (χ3v) is 5.26. The SMILES string of the molecule is CCCn1nc(C(=O)Nc2cc(C)cc(N3CCN(C(C)C)CC3)c2)ccc1=O. The van der Waals surface area contributed by atoms with Crippen LogP contribution < -0.4 is 15.8 Å². The molecule has 1 aliphatic rings. The topological polar surface area (TPSA) is 70.5 Å². The minimum Gasteiger partial charge on any atom is -0.369 e. The number of hydrogen-bond donors (Lipinski definition) is 1. The van der Waals surface area contributed by atoms with E-state index >= 15 is 0 Å². The highest BCUT2D eigenvalue weighted by Gasteiger charge is 2.20. The van der Waals surface area contributed by atoms with Gasteiger partial charge in [0.1, 0.15) is 5.69 Å². The second-order valence-electron chi connectivity index (χ2n) is 7.91. The molecule has 2 aromatic rings. The van der Waals surface area contributed by atoms with Crippen molar-refractivity contribution in [3.05, 3.63) is 51.9 Å². The highest BCUT2D eigenvalue weighted by Crippen LogP contribution is 2.24. The Balaban J connectivity index is 1.74. The first kappa shape index (κ1) is 21.0. The Morgan fingerprint density at radius 2 is 1.86 bits per heavy atom. The summed E-state index contributed by atoms with van der Waals surface area (Å²) in [4.78, 5) is 29.4. The van der Waals surface area contributed by atoms with Crippen molar-refractivity contribution < 1.29 is 4.79 Å². The number of aryl methyl sites for hydroxylation is 2. The normalized spacial score (nSPS) is 15.0. The number of carbonyl (C=O) groups is 1. The van der Waals surface area contributed by atoms with Crippen LogP contribution in [0.15, 0.2) is 35.1 Å². The average Bonchev–Trinajstić information content (AvgIpc) is 2.69. The van der Waals surface area contributed by atoms with Gasteiger partial charge in [0.15, 0.2) is 0 Å². The van der Waals surface area contributed by atoms with E-state index in [4.69, 9.17) is 0 Å². The average molecular weight is 398 g/mol. The predicted molar refractivity (Wildman–Crippen MR) is 117 cm³/mol. The van der Waals surface area contributed by atoms with Gasteiger partial charge in [0.2, 0.25) is 0 Å². The van der Waals surface area contributed by atoms with Crippen molar-refractivity contribution in [1.29, 1.82) is 0 Å². The number of amides is 1. The molecule has 156 valence electrons. The number of piperazine rings is 1. The fourth-order valence-corrected chi connectivity index (χ4v) is 3.65. The summed E-state index contributed by atoms with van der Waals surface area (Å²) >= 11 is 0. The predicted octanol–water partition coefficient (Wildman–Crippen LogP) is 2.74. The molecule has 0 unspecified atom stereocenters. The minimum absolute atomic E-state index is 0.193. The van der Waals surface area contributed by atoms with Crippen molar-refractivity contribution >= 4 is 17.3 Å².